The van der Waals surface area contributed by atoms with E-state index in [4.69, 9.17) is 11.0 Å². The van der Waals surface area contributed by atoms with Crippen LogP contribution >= 0.6 is 0 Å². The minimum atomic E-state index is -0.455. The van der Waals surface area contributed by atoms with Crippen molar-refractivity contribution in [2.45, 2.75) is 6.92 Å². The van der Waals surface area contributed by atoms with E-state index in [1.54, 1.807) is 19.1 Å². The van der Waals surface area contributed by atoms with Crippen LogP contribution in [0.15, 0.2) is 24.3 Å². The first kappa shape index (κ1) is 10.7. The molecule has 0 saturated heterocycles. The summed E-state index contributed by atoms with van der Waals surface area (Å²) >= 11 is 0. The lowest BCUT2D eigenvalue weighted by molar-refractivity contribution is -0.385. The van der Waals surface area contributed by atoms with E-state index in [0.29, 0.717) is 16.8 Å². The smallest absolute Gasteiger partial charge is 0.272 e. The number of hydrogen-bond donors (Lipinski definition) is 1. The van der Waals surface area contributed by atoms with Crippen LogP contribution < -0.4 is 5.73 Å². The van der Waals surface area contributed by atoms with Crippen molar-refractivity contribution in [2.75, 3.05) is 0 Å². The number of aryl methyl sites for hydroxylation is 1. The summed E-state index contributed by atoms with van der Waals surface area (Å²) < 4.78 is 0. The third-order valence-electron chi connectivity index (χ3n) is 1.95. The van der Waals surface area contributed by atoms with Gasteiger partial charge < -0.3 is 5.73 Å². The van der Waals surface area contributed by atoms with Crippen LogP contribution in [0.3, 0.4) is 0 Å². The van der Waals surface area contributed by atoms with Crippen molar-refractivity contribution in [3.05, 3.63) is 45.5 Å². The average molecular weight is 203 g/mol. The number of nitrogens with two attached hydrogens (primary N) is 1. The largest absolute Gasteiger partial charge is 0.398 e. The molecule has 0 saturated carbocycles. The Morgan fingerprint density at radius 3 is 2.80 bits per heavy atom. The Labute approximate surface area is 86.6 Å². The molecule has 0 radical (unpaired) electrons. The van der Waals surface area contributed by atoms with Crippen molar-refractivity contribution in [3.63, 3.8) is 0 Å². The first-order valence-electron chi connectivity index (χ1n) is 4.17. The maximum absolute atomic E-state index is 10.5. The summed E-state index contributed by atoms with van der Waals surface area (Å²) in [5.41, 5.74) is 7.05. The molecule has 0 heterocycles. The van der Waals surface area contributed by atoms with E-state index in [0.717, 1.165) is 0 Å². The zero-order valence-electron chi connectivity index (χ0n) is 8.10. The van der Waals surface area contributed by atoms with E-state index in [1.807, 2.05) is 0 Å². The lowest BCUT2D eigenvalue weighted by atomic mass is 10.1. The summed E-state index contributed by atoms with van der Waals surface area (Å²) in [6, 6.07) is 6.29. The van der Waals surface area contributed by atoms with Gasteiger partial charge in [0.05, 0.1) is 11.0 Å². The molecule has 0 aliphatic carbocycles. The normalized spacial score (nSPS) is 10.8. The molecule has 0 bridgehead atoms. The Bertz CT molecular complexity index is 472. The Kier molecular flexibility index (Phi) is 3.03. The number of benzene rings is 1. The second-order valence-corrected chi connectivity index (χ2v) is 2.99. The van der Waals surface area contributed by atoms with Crippen molar-refractivity contribution in [2.24, 2.45) is 5.73 Å². The number of nitro groups is 1. The molecule has 0 aliphatic heterocycles. The van der Waals surface area contributed by atoms with Gasteiger partial charge in [0.25, 0.3) is 5.69 Å². The summed E-state index contributed by atoms with van der Waals surface area (Å²) in [6.45, 7) is 1.63. The van der Waals surface area contributed by atoms with Crippen LogP contribution in [0.2, 0.25) is 0 Å². The summed E-state index contributed by atoms with van der Waals surface area (Å²) in [6.07, 6.45) is 1.20. The third-order valence-corrected chi connectivity index (χ3v) is 1.95. The molecule has 0 spiro atoms. The molecule has 2 N–H and O–H groups in total. The summed E-state index contributed by atoms with van der Waals surface area (Å²) in [7, 11) is 0. The highest BCUT2D eigenvalue weighted by Gasteiger charge is 2.10. The summed E-state index contributed by atoms with van der Waals surface area (Å²) in [5.74, 6) is 0. The molecule has 5 nitrogen and oxygen atoms in total. The lowest BCUT2D eigenvalue weighted by Gasteiger charge is -2.02. The van der Waals surface area contributed by atoms with Gasteiger partial charge in [-0.25, -0.2) is 0 Å². The SMILES string of the molecule is Cc1cc(/C(N)=C/C#N)ccc1[N+](=O)[O-]. The number of nitrogens with zero attached hydrogens (tertiary/aromatic N) is 2. The molecule has 76 valence electrons. The Morgan fingerprint density at radius 1 is 1.67 bits per heavy atom. The van der Waals surface area contributed by atoms with E-state index in [-0.39, 0.29) is 5.69 Å². The average Bonchev–Trinajstić information content (AvgIpc) is 2.17. The predicted molar refractivity (Wildman–Crippen MR) is 55.6 cm³/mol. The van der Waals surface area contributed by atoms with Crippen LogP contribution in [-0.2, 0) is 0 Å². The quantitative estimate of drug-likeness (QED) is 0.450. The molecule has 1 rings (SSSR count). The van der Waals surface area contributed by atoms with Crippen LogP contribution in [0.4, 0.5) is 5.69 Å². The molecule has 15 heavy (non-hydrogen) atoms. The molecule has 1 aromatic carbocycles. The van der Waals surface area contributed by atoms with E-state index < -0.39 is 4.92 Å². The summed E-state index contributed by atoms with van der Waals surface area (Å²) in [5, 5.41) is 18.9. The van der Waals surface area contributed by atoms with E-state index >= 15 is 0 Å². The van der Waals surface area contributed by atoms with Gasteiger partial charge in [-0.15, -0.1) is 0 Å². The molecule has 0 aromatic heterocycles. The second kappa shape index (κ2) is 4.24. The van der Waals surface area contributed by atoms with Crippen LogP contribution in [0.1, 0.15) is 11.1 Å². The number of nitro benzene ring substituents is 1. The molecule has 0 unspecified atom stereocenters. The van der Waals surface area contributed by atoms with Crippen LogP contribution in [0.5, 0.6) is 0 Å². The van der Waals surface area contributed by atoms with Gasteiger partial charge in [-0.1, -0.05) is 0 Å². The fourth-order valence-corrected chi connectivity index (χ4v) is 1.19. The zero-order valence-corrected chi connectivity index (χ0v) is 8.10. The van der Waals surface area contributed by atoms with Gasteiger partial charge >= 0.3 is 0 Å². The molecule has 0 aliphatic rings. The molecule has 5 heteroatoms. The molecule has 0 atom stereocenters. The van der Waals surface area contributed by atoms with E-state index in [9.17, 15) is 10.1 Å². The number of nitriles is 1. The highest BCUT2D eigenvalue weighted by atomic mass is 16.6. The minimum Gasteiger partial charge on any atom is -0.398 e. The van der Waals surface area contributed by atoms with Crippen LogP contribution in [-0.4, -0.2) is 4.92 Å². The maximum Gasteiger partial charge on any atom is 0.272 e. The van der Waals surface area contributed by atoms with Gasteiger partial charge in [0, 0.05) is 23.4 Å². The second-order valence-electron chi connectivity index (χ2n) is 2.99. The monoisotopic (exact) mass is 203 g/mol. The maximum atomic E-state index is 10.5. The molecular weight excluding hydrogens is 194 g/mol. The molecular formula is C10H9N3O2. The predicted octanol–water partition coefficient (Wildman–Crippen LogP) is 1.73. The van der Waals surface area contributed by atoms with Gasteiger partial charge in [-0.05, 0) is 24.6 Å². The lowest BCUT2D eigenvalue weighted by Crippen LogP contribution is -1.98. The molecule has 1 aromatic rings. The number of allylic oxidation sites excluding steroid dienone is 1. The Morgan fingerprint density at radius 2 is 2.33 bits per heavy atom. The zero-order chi connectivity index (χ0) is 11.4. The van der Waals surface area contributed by atoms with Crippen molar-refractivity contribution in [1.29, 1.82) is 5.26 Å². The van der Waals surface area contributed by atoms with E-state index in [1.165, 1.54) is 18.2 Å². The number of hydrogen-bond acceptors (Lipinski definition) is 4. The van der Waals surface area contributed by atoms with Crippen LogP contribution in [0, 0.1) is 28.4 Å². The van der Waals surface area contributed by atoms with Crippen molar-refractivity contribution < 1.29 is 4.92 Å². The topological polar surface area (TPSA) is 93.0 Å². The fourth-order valence-electron chi connectivity index (χ4n) is 1.19. The van der Waals surface area contributed by atoms with Crippen molar-refractivity contribution in [3.8, 4) is 6.07 Å². The highest BCUT2D eigenvalue weighted by Crippen LogP contribution is 2.21. The first-order valence-corrected chi connectivity index (χ1v) is 4.17. The van der Waals surface area contributed by atoms with Gasteiger partial charge in [-0.3, -0.25) is 10.1 Å². The van der Waals surface area contributed by atoms with Crippen molar-refractivity contribution >= 4 is 11.4 Å². The Balaban J connectivity index is 3.19. The van der Waals surface area contributed by atoms with Gasteiger partial charge in [0.2, 0.25) is 0 Å². The van der Waals surface area contributed by atoms with Gasteiger partial charge in [-0.2, -0.15) is 5.26 Å². The highest BCUT2D eigenvalue weighted by molar-refractivity contribution is 5.66. The Hall–Kier alpha value is -2.35. The standard InChI is InChI=1S/C10H9N3O2/c1-7-6-8(9(12)4-5-11)2-3-10(7)13(14)15/h2-4,6H,12H2,1H3/b9-4-. The van der Waals surface area contributed by atoms with Crippen molar-refractivity contribution in [1.82, 2.24) is 0 Å². The van der Waals surface area contributed by atoms with Gasteiger partial charge in [0.15, 0.2) is 0 Å². The van der Waals surface area contributed by atoms with Gasteiger partial charge in [0.1, 0.15) is 0 Å². The number of rotatable bonds is 2. The third kappa shape index (κ3) is 2.31. The fraction of sp³-hybridized carbons (Fsp3) is 0.100. The summed E-state index contributed by atoms with van der Waals surface area (Å²) in [4.78, 5) is 10.1. The van der Waals surface area contributed by atoms with E-state index in [2.05, 4.69) is 0 Å². The molecule has 0 fully saturated rings. The minimum absolute atomic E-state index is 0.0449. The molecule has 0 amide bonds. The first-order chi connectivity index (χ1) is 7.06. The van der Waals surface area contributed by atoms with Crippen LogP contribution in [0.25, 0.3) is 5.70 Å².